The minimum atomic E-state index is -3.89. The van der Waals surface area contributed by atoms with Crippen molar-refractivity contribution < 1.29 is 17.6 Å². The Balaban J connectivity index is 1.75. The van der Waals surface area contributed by atoms with E-state index in [1.165, 1.54) is 18.3 Å². The molecule has 0 fully saturated rings. The van der Waals surface area contributed by atoms with Gasteiger partial charge in [-0.2, -0.15) is 0 Å². The van der Waals surface area contributed by atoms with Crippen LogP contribution in [0.1, 0.15) is 12.5 Å². The topological polar surface area (TPSA) is 59.4 Å². The highest BCUT2D eigenvalue weighted by molar-refractivity contribution is 7.91. The first-order valence-electron chi connectivity index (χ1n) is 10.3. The van der Waals surface area contributed by atoms with E-state index in [2.05, 4.69) is 0 Å². The molecule has 1 heterocycles. The zero-order chi connectivity index (χ0) is 22.9. The molecule has 0 saturated heterocycles. The number of amides is 1. The van der Waals surface area contributed by atoms with Gasteiger partial charge in [0.2, 0.25) is 15.7 Å². The van der Waals surface area contributed by atoms with E-state index < -0.39 is 15.7 Å². The lowest BCUT2D eigenvalue weighted by Gasteiger charge is -2.22. The van der Waals surface area contributed by atoms with Crippen LogP contribution in [-0.2, 0) is 21.2 Å². The van der Waals surface area contributed by atoms with Crippen LogP contribution >= 0.6 is 0 Å². The number of para-hydroxylation sites is 1. The molecule has 0 aliphatic heterocycles. The van der Waals surface area contributed by atoms with Crippen LogP contribution in [0.5, 0.6) is 0 Å². The first-order chi connectivity index (χ1) is 15.3. The van der Waals surface area contributed by atoms with Gasteiger partial charge in [-0.3, -0.25) is 4.79 Å². The maximum absolute atomic E-state index is 13.3. The lowest BCUT2D eigenvalue weighted by molar-refractivity contribution is -0.119. The molecule has 5 nitrogen and oxygen atoms in total. The van der Waals surface area contributed by atoms with Gasteiger partial charge in [0.1, 0.15) is 12.4 Å². The summed E-state index contributed by atoms with van der Waals surface area (Å²) in [5.41, 5.74) is 2.49. The Morgan fingerprint density at radius 3 is 2.41 bits per heavy atom. The molecule has 1 amide bonds. The van der Waals surface area contributed by atoms with Crippen LogP contribution in [0.15, 0.2) is 88.8 Å². The van der Waals surface area contributed by atoms with Crippen LogP contribution in [0.2, 0.25) is 0 Å². The quantitative estimate of drug-likeness (QED) is 0.390. The monoisotopic (exact) mass is 450 g/mol. The van der Waals surface area contributed by atoms with Gasteiger partial charge >= 0.3 is 0 Å². The summed E-state index contributed by atoms with van der Waals surface area (Å²) in [5.74, 6) is -0.655. The Bertz CT molecular complexity index is 1390. The molecule has 164 valence electrons. The summed E-state index contributed by atoms with van der Waals surface area (Å²) in [6.45, 7) is 4.34. The van der Waals surface area contributed by atoms with E-state index in [0.717, 1.165) is 23.4 Å². The number of halogens is 1. The standard InChI is InChI=1S/C25H23FN2O3S/c1-3-28(20-8-6-7-18(2)15-20)25(29)17-27-16-24(22-9-4-5-10-23(22)27)32(30,31)21-13-11-19(26)12-14-21/h4-16H,3,17H2,1-2H3. The summed E-state index contributed by atoms with van der Waals surface area (Å²) in [7, 11) is -3.89. The average molecular weight is 451 g/mol. The summed E-state index contributed by atoms with van der Waals surface area (Å²) in [6, 6.07) is 19.5. The van der Waals surface area contributed by atoms with E-state index in [4.69, 9.17) is 0 Å². The average Bonchev–Trinajstić information content (AvgIpc) is 3.14. The number of fused-ring (bicyclic) bond motifs is 1. The van der Waals surface area contributed by atoms with Crippen molar-refractivity contribution in [1.82, 2.24) is 4.57 Å². The molecule has 7 heteroatoms. The minimum Gasteiger partial charge on any atom is -0.337 e. The molecule has 4 aromatic rings. The molecule has 3 aromatic carbocycles. The van der Waals surface area contributed by atoms with Crippen molar-refractivity contribution in [2.24, 2.45) is 0 Å². The van der Waals surface area contributed by atoms with Gasteiger partial charge in [0, 0.05) is 29.3 Å². The highest BCUT2D eigenvalue weighted by Gasteiger charge is 2.25. The number of hydrogen-bond donors (Lipinski definition) is 0. The fourth-order valence-corrected chi connectivity index (χ4v) is 5.31. The normalized spacial score (nSPS) is 11.6. The van der Waals surface area contributed by atoms with E-state index in [1.54, 1.807) is 33.7 Å². The van der Waals surface area contributed by atoms with Gasteiger partial charge in [0.15, 0.2) is 0 Å². The molecule has 0 radical (unpaired) electrons. The molecule has 4 rings (SSSR count). The lowest BCUT2D eigenvalue weighted by atomic mass is 10.2. The summed E-state index contributed by atoms with van der Waals surface area (Å²) < 4.78 is 41.5. The highest BCUT2D eigenvalue weighted by Crippen LogP contribution is 2.30. The lowest BCUT2D eigenvalue weighted by Crippen LogP contribution is -2.33. The predicted octanol–water partition coefficient (Wildman–Crippen LogP) is 4.97. The van der Waals surface area contributed by atoms with Crippen molar-refractivity contribution in [3.05, 3.63) is 90.4 Å². The van der Waals surface area contributed by atoms with Crippen molar-refractivity contribution in [2.45, 2.75) is 30.2 Å². The number of sulfone groups is 1. The molecule has 0 unspecified atom stereocenters. The first kappa shape index (κ1) is 21.8. The molecular formula is C25H23FN2O3S. The van der Waals surface area contributed by atoms with Crippen LogP contribution in [0, 0.1) is 12.7 Å². The first-order valence-corrected chi connectivity index (χ1v) is 11.7. The van der Waals surface area contributed by atoms with E-state index in [9.17, 15) is 17.6 Å². The van der Waals surface area contributed by atoms with Crippen LogP contribution in [0.4, 0.5) is 10.1 Å². The van der Waals surface area contributed by atoms with Gasteiger partial charge in [0.05, 0.1) is 9.79 Å². The van der Waals surface area contributed by atoms with Crippen LogP contribution in [0.25, 0.3) is 10.9 Å². The second kappa shape index (κ2) is 8.59. The van der Waals surface area contributed by atoms with Crippen molar-refractivity contribution in [1.29, 1.82) is 0 Å². The van der Waals surface area contributed by atoms with Crippen LogP contribution in [-0.4, -0.2) is 25.4 Å². The number of aromatic nitrogens is 1. The zero-order valence-corrected chi connectivity index (χ0v) is 18.6. The number of likely N-dealkylation sites (N-methyl/N-ethyl adjacent to an activating group) is 1. The molecule has 1 aromatic heterocycles. The number of carbonyl (C=O) groups excluding carboxylic acids is 1. The molecule has 0 spiro atoms. The molecule has 0 saturated carbocycles. The second-order valence-corrected chi connectivity index (χ2v) is 9.49. The smallest absolute Gasteiger partial charge is 0.246 e. The predicted molar refractivity (Wildman–Crippen MR) is 123 cm³/mol. The van der Waals surface area contributed by atoms with Gasteiger partial charge in [0.25, 0.3) is 0 Å². The summed E-state index contributed by atoms with van der Waals surface area (Å²) in [6.07, 6.45) is 1.49. The van der Waals surface area contributed by atoms with Crippen molar-refractivity contribution >= 4 is 32.3 Å². The Morgan fingerprint density at radius 1 is 1.00 bits per heavy atom. The third-order valence-corrected chi connectivity index (χ3v) is 7.20. The Hall–Kier alpha value is -3.45. The number of carbonyl (C=O) groups is 1. The van der Waals surface area contributed by atoms with E-state index >= 15 is 0 Å². The molecule has 0 atom stereocenters. The molecule has 0 aliphatic rings. The third-order valence-electron chi connectivity index (χ3n) is 5.40. The highest BCUT2D eigenvalue weighted by atomic mass is 32.2. The van der Waals surface area contributed by atoms with Gasteiger partial charge < -0.3 is 9.47 Å². The summed E-state index contributed by atoms with van der Waals surface area (Å²) in [4.78, 5) is 14.9. The van der Waals surface area contributed by atoms with Gasteiger partial charge in [-0.15, -0.1) is 0 Å². The van der Waals surface area contributed by atoms with Crippen LogP contribution < -0.4 is 4.90 Å². The van der Waals surface area contributed by atoms with E-state index in [1.807, 2.05) is 38.1 Å². The van der Waals surface area contributed by atoms with Gasteiger partial charge in [-0.05, 0) is 61.9 Å². The minimum absolute atomic E-state index is 0.00285. The molecular weight excluding hydrogens is 427 g/mol. The molecule has 0 N–H and O–H groups in total. The number of rotatable bonds is 6. The Labute approximate surface area is 186 Å². The number of benzene rings is 3. The maximum atomic E-state index is 13.3. The molecule has 0 aliphatic carbocycles. The second-order valence-electron chi connectivity index (χ2n) is 7.57. The van der Waals surface area contributed by atoms with Crippen molar-refractivity contribution in [3.63, 3.8) is 0 Å². The number of anilines is 1. The van der Waals surface area contributed by atoms with Crippen molar-refractivity contribution in [3.8, 4) is 0 Å². The maximum Gasteiger partial charge on any atom is 0.246 e. The zero-order valence-electron chi connectivity index (χ0n) is 17.8. The summed E-state index contributed by atoms with van der Waals surface area (Å²) >= 11 is 0. The van der Waals surface area contributed by atoms with E-state index in [0.29, 0.717) is 17.4 Å². The van der Waals surface area contributed by atoms with Gasteiger partial charge in [-0.1, -0.05) is 30.3 Å². The van der Waals surface area contributed by atoms with Crippen molar-refractivity contribution in [2.75, 3.05) is 11.4 Å². The van der Waals surface area contributed by atoms with Gasteiger partial charge in [-0.25, -0.2) is 12.8 Å². The fourth-order valence-electron chi connectivity index (χ4n) is 3.83. The Morgan fingerprint density at radius 2 is 1.72 bits per heavy atom. The van der Waals surface area contributed by atoms with Crippen LogP contribution in [0.3, 0.4) is 0 Å². The molecule has 32 heavy (non-hydrogen) atoms. The summed E-state index contributed by atoms with van der Waals surface area (Å²) in [5, 5.41) is 0.517. The largest absolute Gasteiger partial charge is 0.337 e. The number of hydrogen-bond acceptors (Lipinski definition) is 3. The van der Waals surface area contributed by atoms with E-state index in [-0.39, 0.29) is 22.2 Å². The SMILES string of the molecule is CCN(C(=O)Cn1cc(S(=O)(=O)c2ccc(F)cc2)c2ccccc21)c1cccc(C)c1. The third kappa shape index (κ3) is 4.03. The number of aryl methyl sites for hydroxylation is 1. The fraction of sp³-hybridized carbons (Fsp3) is 0.160. The number of nitrogens with zero attached hydrogens (tertiary/aromatic N) is 2. The Kier molecular flexibility index (Phi) is 5.84. The molecule has 0 bridgehead atoms.